The Morgan fingerprint density at radius 3 is 2.75 bits per heavy atom. The topological polar surface area (TPSA) is 54.9 Å². The lowest BCUT2D eigenvalue weighted by Gasteiger charge is -2.20. The van der Waals surface area contributed by atoms with Gasteiger partial charge in [0, 0.05) is 6.20 Å². The van der Waals surface area contributed by atoms with Gasteiger partial charge < -0.3 is 5.32 Å². The number of thiazole rings is 1. The van der Waals surface area contributed by atoms with E-state index in [2.05, 4.69) is 48.2 Å². The molecule has 0 aliphatic heterocycles. The average molecular weight is 360 g/mol. The second-order valence-electron chi connectivity index (χ2n) is 6.76. The Labute approximate surface area is 149 Å². The van der Waals surface area contributed by atoms with Crippen LogP contribution in [0.15, 0.2) is 58.1 Å². The molecule has 126 valence electrons. The molecule has 0 saturated carbocycles. The Morgan fingerprint density at radius 2 is 2.08 bits per heavy atom. The van der Waals surface area contributed by atoms with E-state index in [1.54, 1.807) is 12.4 Å². The molecule has 1 atom stereocenters. The fourth-order valence-electron chi connectivity index (χ4n) is 2.40. The van der Waals surface area contributed by atoms with E-state index in [0.717, 1.165) is 16.4 Å². The average Bonchev–Trinajstić information content (AvgIpc) is 3.17. The summed E-state index contributed by atoms with van der Waals surface area (Å²) in [7, 11) is -1.06. The van der Waals surface area contributed by atoms with Gasteiger partial charge in [0.15, 0.2) is 5.13 Å². The van der Waals surface area contributed by atoms with Gasteiger partial charge in [0.05, 0.1) is 22.7 Å². The van der Waals surface area contributed by atoms with Crippen molar-refractivity contribution in [3.8, 4) is 0 Å². The number of pyridine rings is 1. The molecule has 2 aromatic heterocycles. The number of allylic oxidation sites excluding steroid dienone is 3. The molecule has 6 heteroatoms. The van der Waals surface area contributed by atoms with E-state index in [1.807, 2.05) is 18.2 Å². The Kier molecular flexibility index (Phi) is 4.96. The van der Waals surface area contributed by atoms with Crippen LogP contribution in [0, 0.1) is 5.41 Å². The molecule has 1 aliphatic carbocycles. The number of anilines is 2. The van der Waals surface area contributed by atoms with Crippen LogP contribution in [0.3, 0.4) is 0 Å². The predicted molar refractivity (Wildman–Crippen MR) is 101 cm³/mol. The first-order chi connectivity index (χ1) is 11.4. The van der Waals surface area contributed by atoms with Crippen LogP contribution >= 0.6 is 11.3 Å². The molecule has 2 heterocycles. The van der Waals surface area contributed by atoms with E-state index in [-0.39, 0.29) is 5.41 Å². The number of rotatable bonds is 5. The monoisotopic (exact) mass is 359 g/mol. The summed E-state index contributed by atoms with van der Waals surface area (Å²) in [5, 5.41) is 3.85. The highest BCUT2D eigenvalue weighted by Crippen LogP contribution is 2.35. The molecule has 0 aromatic carbocycles. The summed E-state index contributed by atoms with van der Waals surface area (Å²) in [4.78, 5) is 8.51. The van der Waals surface area contributed by atoms with Crippen molar-refractivity contribution < 1.29 is 4.21 Å². The van der Waals surface area contributed by atoms with Crippen molar-refractivity contribution in [2.75, 3.05) is 11.1 Å². The quantitative estimate of drug-likeness (QED) is 0.841. The molecule has 1 aliphatic rings. The van der Waals surface area contributed by atoms with Crippen LogP contribution in [-0.2, 0) is 10.8 Å². The lowest BCUT2D eigenvalue weighted by molar-refractivity contribution is 0.494. The number of aromatic nitrogens is 2. The molecule has 0 saturated heterocycles. The number of nitrogens with one attached hydrogen (secondary N) is 1. The molecule has 4 nitrogen and oxygen atoms in total. The molecule has 0 radical (unpaired) electrons. The maximum absolute atomic E-state index is 12.6. The van der Waals surface area contributed by atoms with Crippen molar-refractivity contribution in [2.24, 2.45) is 5.41 Å². The minimum atomic E-state index is -1.06. The highest BCUT2D eigenvalue weighted by Gasteiger charge is 2.22. The lowest BCUT2D eigenvalue weighted by Crippen LogP contribution is -2.09. The summed E-state index contributed by atoms with van der Waals surface area (Å²) in [6.45, 7) is 6.64. The predicted octanol–water partition coefficient (Wildman–Crippen LogP) is 4.69. The minimum absolute atomic E-state index is 0.171. The zero-order valence-corrected chi connectivity index (χ0v) is 15.7. The normalized spacial score (nSPS) is 15.8. The van der Waals surface area contributed by atoms with Gasteiger partial charge >= 0.3 is 0 Å². The van der Waals surface area contributed by atoms with Crippen LogP contribution in [0.1, 0.15) is 27.2 Å². The second-order valence-corrected chi connectivity index (χ2v) is 9.47. The van der Waals surface area contributed by atoms with Gasteiger partial charge in [0.1, 0.15) is 10.0 Å². The van der Waals surface area contributed by atoms with Gasteiger partial charge in [-0.25, -0.2) is 9.97 Å². The molecule has 1 unspecified atom stereocenters. The number of hydrogen-bond donors (Lipinski definition) is 1. The first-order valence-electron chi connectivity index (χ1n) is 7.83. The highest BCUT2D eigenvalue weighted by molar-refractivity contribution is 7.87. The Bertz CT molecular complexity index is 801. The summed E-state index contributed by atoms with van der Waals surface area (Å²) in [5.74, 6) is 1.31. The van der Waals surface area contributed by atoms with E-state index in [4.69, 9.17) is 0 Å². The summed E-state index contributed by atoms with van der Waals surface area (Å²) in [5.41, 5.74) is 2.80. The molecule has 0 bridgehead atoms. The van der Waals surface area contributed by atoms with E-state index >= 15 is 0 Å². The lowest BCUT2D eigenvalue weighted by atomic mass is 9.85. The third kappa shape index (κ3) is 4.19. The molecular formula is C18H21N3OS2. The van der Waals surface area contributed by atoms with Crippen LogP contribution < -0.4 is 5.32 Å². The van der Waals surface area contributed by atoms with Gasteiger partial charge in [-0.15, -0.1) is 0 Å². The van der Waals surface area contributed by atoms with Gasteiger partial charge in [-0.2, -0.15) is 0 Å². The Hall–Kier alpha value is -1.79. The number of nitrogens with zero attached hydrogens (tertiary/aromatic N) is 2. The molecule has 24 heavy (non-hydrogen) atoms. The molecule has 0 amide bonds. The summed E-state index contributed by atoms with van der Waals surface area (Å²) in [6.07, 6.45) is 8.63. The largest absolute Gasteiger partial charge is 0.316 e. The number of hydrogen-bond acceptors (Lipinski definition) is 5. The highest BCUT2D eigenvalue weighted by atomic mass is 32.2. The van der Waals surface area contributed by atoms with Crippen LogP contribution in [-0.4, -0.2) is 19.9 Å². The zero-order chi connectivity index (χ0) is 17.2. The first-order valence-corrected chi connectivity index (χ1v) is 9.97. The SMILES string of the molecule is CC(C)(C)C1=CC=C(CS(=O)c2cnc(Nc3ccccn3)s2)C1. The standard InChI is InChI=1S/C18H21N3OS2/c1-18(2,3)14-8-7-13(10-14)12-24(22)16-11-20-17(23-16)21-15-6-4-5-9-19-15/h4-9,11H,10,12H2,1-3H3,(H,19,20,21). The van der Waals surface area contributed by atoms with E-state index < -0.39 is 10.8 Å². The molecule has 0 fully saturated rings. The van der Waals surface area contributed by atoms with E-state index in [0.29, 0.717) is 10.9 Å². The second kappa shape index (κ2) is 6.99. The molecule has 1 N–H and O–H groups in total. The van der Waals surface area contributed by atoms with Crippen LogP contribution in [0.5, 0.6) is 0 Å². The van der Waals surface area contributed by atoms with Crippen molar-refractivity contribution in [1.82, 2.24) is 9.97 Å². The first kappa shape index (κ1) is 17.0. The fourth-order valence-corrected chi connectivity index (χ4v) is 4.59. The van der Waals surface area contributed by atoms with Crippen molar-refractivity contribution in [3.63, 3.8) is 0 Å². The van der Waals surface area contributed by atoms with Gasteiger partial charge in [0.25, 0.3) is 0 Å². The van der Waals surface area contributed by atoms with Gasteiger partial charge in [-0.05, 0) is 24.0 Å². The minimum Gasteiger partial charge on any atom is -0.316 e. The third-order valence-electron chi connectivity index (χ3n) is 3.83. The maximum atomic E-state index is 12.6. The Balaban J connectivity index is 1.59. The van der Waals surface area contributed by atoms with Crippen molar-refractivity contribution >= 4 is 33.1 Å². The summed E-state index contributed by atoms with van der Waals surface area (Å²) < 4.78 is 13.4. The zero-order valence-electron chi connectivity index (χ0n) is 14.1. The van der Waals surface area contributed by atoms with Gasteiger partial charge in [0.2, 0.25) is 0 Å². The Morgan fingerprint density at radius 1 is 1.25 bits per heavy atom. The van der Waals surface area contributed by atoms with Gasteiger partial charge in [-0.1, -0.05) is 61.5 Å². The third-order valence-corrected chi connectivity index (χ3v) is 6.53. The van der Waals surface area contributed by atoms with Crippen molar-refractivity contribution in [3.05, 3.63) is 53.9 Å². The molecule has 2 aromatic rings. The molecule has 0 spiro atoms. The van der Waals surface area contributed by atoms with Crippen molar-refractivity contribution in [1.29, 1.82) is 0 Å². The van der Waals surface area contributed by atoms with E-state index in [9.17, 15) is 4.21 Å². The molecule has 3 rings (SSSR count). The van der Waals surface area contributed by atoms with Gasteiger partial charge in [-0.3, -0.25) is 4.21 Å². The van der Waals surface area contributed by atoms with Crippen LogP contribution in [0.2, 0.25) is 0 Å². The molecular weight excluding hydrogens is 338 g/mol. The summed E-state index contributed by atoms with van der Waals surface area (Å²) >= 11 is 1.42. The fraction of sp³-hybridized carbons (Fsp3) is 0.333. The van der Waals surface area contributed by atoms with Crippen LogP contribution in [0.4, 0.5) is 10.9 Å². The van der Waals surface area contributed by atoms with Crippen LogP contribution in [0.25, 0.3) is 0 Å². The van der Waals surface area contributed by atoms with E-state index in [1.165, 1.54) is 22.5 Å². The van der Waals surface area contributed by atoms with Crippen molar-refractivity contribution in [2.45, 2.75) is 31.4 Å². The maximum Gasteiger partial charge on any atom is 0.189 e. The smallest absolute Gasteiger partial charge is 0.189 e. The summed E-state index contributed by atoms with van der Waals surface area (Å²) in [6, 6.07) is 5.65.